The summed E-state index contributed by atoms with van der Waals surface area (Å²) in [6.07, 6.45) is 9.89. The van der Waals surface area contributed by atoms with Crippen molar-refractivity contribution >= 4 is 0 Å². The molecule has 0 amide bonds. The number of nitrogens with one attached hydrogen (secondary N) is 1. The molecular formula is C17H27N. The molecule has 0 bridgehead atoms. The van der Waals surface area contributed by atoms with E-state index in [-0.39, 0.29) is 0 Å². The third-order valence-electron chi connectivity index (χ3n) is 4.29. The van der Waals surface area contributed by atoms with Crippen molar-refractivity contribution in [1.82, 2.24) is 5.32 Å². The highest BCUT2D eigenvalue weighted by Crippen LogP contribution is 2.25. The molecule has 0 unspecified atom stereocenters. The summed E-state index contributed by atoms with van der Waals surface area (Å²) >= 11 is 0. The minimum atomic E-state index is 1.00. The summed E-state index contributed by atoms with van der Waals surface area (Å²) in [5.74, 6) is 1.00. The summed E-state index contributed by atoms with van der Waals surface area (Å²) in [5.41, 5.74) is 2.91. The normalized spacial score (nSPS) is 16.9. The molecule has 0 heterocycles. The standard InChI is InChI=1S/C17H27N/c1-15-7-5-6-10-17(15)12-14-18-13-11-16-8-3-2-4-9-16/h5-7,10,16,18H,2-4,8-9,11-14H2,1H3. The first-order chi connectivity index (χ1) is 8.86. The summed E-state index contributed by atoms with van der Waals surface area (Å²) in [7, 11) is 0. The van der Waals surface area contributed by atoms with Gasteiger partial charge in [-0.15, -0.1) is 0 Å². The average Bonchev–Trinajstić information content (AvgIpc) is 2.42. The van der Waals surface area contributed by atoms with Crippen molar-refractivity contribution in [2.75, 3.05) is 13.1 Å². The second-order valence-corrected chi connectivity index (χ2v) is 5.72. The highest BCUT2D eigenvalue weighted by Gasteiger charge is 2.12. The highest BCUT2D eigenvalue weighted by atomic mass is 14.8. The number of hydrogen-bond acceptors (Lipinski definition) is 1. The Morgan fingerprint density at radius 2 is 1.83 bits per heavy atom. The van der Waals surface area contributed by atoms with Gasteiger partial charge in [-0.1, -0.05) is 56.4 Å². The SMILES string of the molecule is Cc1ccccc1CCNCCC1CCCCC1. The minimum Gasteiger partial charge on any atom is -0.316 e. The number of aryl methyl sites for hydroxylation is 1. The molecule has 1 saturated carbocycles. The molecule has 1 heteroatoms. The van der Waals surface area contributed by atoms with Gasteiger partial charge in [0.15, 0.2) is 0 Å². The maximum absolute atomic E-state index is 3.61. The lowest BCUT2D eigenvalue weighted by atomic mass is 9.87. The van der Waals surface area contributed by atoms with Crippen molar-refractivity contribution in [3.63, 3.8) is 0 Å². The quantitative estimate of drug-likeness (QED) is 0.744. The monoisotopic (exact) mass is 245 g/mol. The fourth-order valence-corrected chi connectivity index (χ4v) is 3.02. The summed E-state index contributed by atoms with van der Waals surface area (Å²) in [6.45, 7) is 4.53. The van der Waals surface area contributed by atoms with Crippen LogP contribution in [0.5, 0.6) is 0 Å². The van der Waals surface area contributed by atoms with Gasteiger partial charge in [0, 0.05) is 0 Å². The van der Waals surface area contributed by atoms with Gasteiger partial charge in [-0.2, -0.15) is 0 Å². The minimum absolute atomic E-state index is 1.00. The average molecular weight is 245 g/mol. The molecule has 100 valence electrons. The van der Waals surface area contributed by atoms with E-state index in [1.807, 2.05) is 0 Å². The zero-order valence-electron chi connectivity index (χ0n) is 11.8. The zero-order chi connectivity index (χ0) is 12.6. The van der Waals surface area contributed by atoms with Crippen molar-refractivity contribution in [2.24, 2.45) is 5.92 Å². The van der Waals surface area contributed by atoms with Crippen molar-refractivity contribution in [1.29, 1.82) is 0 Å². The van der Waals surface area contributed by atoms with Crippen LogP contribution in [0.25, 0.3) is 0 Å². The van der Waals surface area contributed by atoms with Crippen LogP contribution in [0.3, 0.4) is 0 Å². The van der Waals surface area contributed by atoms with Gasteiger partial charge in [-0.3, -0.25) is 0 Å². The van der Waals surface area contributed by atoms with Gasteiger partial charge in [0.05, 0.1) is 0 Å². The van der Waals surface area contributed by atoms with E-state index in [1.54, 1.807) is 0 Å². The lowest BCUT2D eigenvalue weighted by Crippen LogP contribution is -2.21. The van der Waals surface area contributed by atoms with Crippen molar-refractivity contribution in [3.05, 3.63) is 35.4 Å². The van der Waals surface area contributed by atoms with Crippen LogP contribution in [0.15, 0.2) is 24.3 Å². The Morgan fingerprint density at radius 3 is 2.61 bits per heavy atom. The van der Waals surface area contributed by atoms with Gasteiger partial charge >= 0.3 is 0 Å². The summed E-state index contributed by atoms with van der Waals surface area (Å²) in [6, 6.07) is 8.72. The smallest absolute Gasteiger partial charge is 0.000825 e. The molecular weight excluding hydrogens is 218 g/mol. The van der Waals surface area contributed by atoms with E-state index in [2.05, 4.69) is 36.5 Å². The van der Waals surface area contributed by atoms with E-state index in [0.29, 0.717) is 0 Å². The van der Waals surface area contributed by atoms with Gasteiger partial charge < -0.3 is 5.32 Å². The maximum Gasteiger partial charge on any atom is -0.000825 e. The lowest BCUT2D eigenvalue weighted by molar-refractivity contribution is 0.334. The molecule has 1 aliphatic rings. The predicted octanol–water partition coefficient (Wildman–Crippen LogP) is 4.10. The van der Waals surface area contributed by atoms with Crippen LogP contribution in [-0.4, -0.2) is 13.1 Å². The van der Waals surface area contributed by atoms with E-state index in [0.717, 1.165) is 18.9 Å². The fourth-order valence-electron chi connectivity index (χ4n) is 3.02. The maximum atomic E-state index is 3.61. The molecule has 1 fully saturated rings. The van der Waals surface area contributed by atoms with Gasteiger partial charge in [0.1, 0.15) is 0 Å². The molecule has 0 atom stereocenters. The molecule has 0 spiro atoms. The molecule has 18 heavy (non-hydrogen) atoms. The molecule has 1 aliphatic carbocycles. The first kappa shape index (κ1) is 13.6. The zero-order valence-corrected chi connectivity index (χ0v) is 11.8. The second kappa shape index (κ2) is 7.58. The third kappa shape index (κ3) is 4.45. The molecule has 2 rings (SSSR count). The van der Waals surface area contributed by atoms with Crippen LogP contribution in [-0.2, 0) is 6.42 Å². The van der Waals surface area contributed by atoms with Crippen LogP contribution in [0.2, 0.25) is 0 Å². The van der Waals surface area contributed by atoms with E-state index < -0.39 is 0 Å². The molecule has 0 radical (unpaired) electrons. The summed E-state index contributed by atoms with van der Waals surface area (Å²) < 4.78 is 0. The van der Waals surface area contributed by atoms with Crippen LogP contribution >= 0.6 is 0 Å². The molecule has 1 N–H and O–H groups in total. The Morgan fingerprint density at radius 1 is 1.06 bits per heavy atom. The van der Waals surface area contributed by atoms with Gasteiger partial charge in [0.25, 0.3) is 0 Å². The molecule has 0 aromatic heterocycles. The fraction of sp³-hybridized carbons (Fsp3) is 0.647. The van der Waals surface area contributed by atoms with E-state index >= 15 is 0 Å². The number of rotatable bonds is 6. The Kier molecular flexibility index (Phi) is 5.73. The predicted molar refractivity (Wildman–Crippen MR) is 78.9 cm³/mol. The first-order valence-electron chi connectivity index (χ1n) is 7.61. The largest absolute Gasteiger partial charge is 0.316 e. The van der Waals surface area contributed by atoms with Crippen LogP contribution in [0.4, 0.5) is 0 Å². The van der Waals surface area contributed by atoms with Crippen LogP contribution < -0.4 is 5.32 Å². The topological polar surface area (TPSA) is 12.0 Å². The molecule has 0 saturated heterocycles. The van der Waals surface area contributed by atoms with Gasteiger partial charge in [-0.05, 0) is 49.9 Å². The van der Waals surface area contributed by atoms with E-state index in [4.69, 9.17) is 0 Å². The lowest BCUT2D eigenvalue weighted by Gasteiger charge is -2.21. The van der Waals surface area contributed by atoms with E-state index in [1.165, 1.54) is 56.2 Å². The van der Waals surface area contributed by atoms with Crippen molar-refractivity contribution < 1.29 is 0 Å². The second-order valence-electron chi connectivity index (χ2n) is 5.72. The Bertz CT molecular complexity index is 339. The third-order valence-corrected chi connectivity index (χ3v) is 4.29. The van der Waals surface area contributed by atoms with Crippen molar-refractivity contribution in [3.8, 4) is 0 Å². The van der Waals surface area contributed by atoms with E-state index in [9.17, 15) is 0 Å². The summed E-state index contributed by atoms with van der Waals surface area (Å²) in [4.78, 5) is 0. The molecule has 1 aromatic carbocycles. The van der Waals surface area contributed by atoms with Gasteiger partial charge in [0.2, 0.25) is 0 Å². The number of hydrogen-bond donors (Lipinski definition) is 1. The Labute approximate surface area is 112 Å². The van der Waals surface area contributed by atoms with Crippen LogP contribution in [0, 0.1) is 12.8 Å². The van der Waals surface area contributed by atoms with Gasteiger partial charge in [-0.25, -0.2) is 0 Å². The summed E-state index contributed by atoms with van der Waals surface area (Å²) in [5, 5.41) is 3.61. The highest BCUT2D eigenvalue weighted by molar-refractivity contribution is 5.25. The molecule has 1 nitrogen and oxygen atoms in total. The first-order valence-corrected chi connectivity index (χ1v) is 7.61. The Hall–Kier alpha value is -0.820. The van der Waals surface area contributed by atoms with Crippen molar-refractivity contribution in [2.45, 2.75) is 51.9 Å². The number of benzene rings is 1. The Balaban J connectivity index is 1.57. The van der Waals surface area contributed by atoms with Crippen LogP contribution in [0.1, 0.15) is 49.7 Å². The molecule has 0 aliphatic heterocycles. The molecule has 1 aromatic rings.